The number of rotatable bonds is 7. The molecule has 4 nitrogen and oxygen atoms in total. The van der Waals surface area contributed by atoms with E-state index in [4.69, 9.17) is 11.1 Å². The zero-order chi connectivity index (χ0) is 20.9. The molecule has 0 bridgehead atoms. The Balaban J connectivity index is 2.18. The predicted octanol–water partition coefficient (Wildman–Crippen LogP) is 3.86. The number of halogens is 5. The fourth-order valence-corrected chi connectivity index (χ4v) is 4.13. The lowest BCUT2D eigenvalue weighted by atomic mass is 10.0. The first kappa shape index (κ1) is 22.2. The molecule has 154 valence electrons. The number of carbonyl (C=O) groups excluding carboxylic acids is 1. The number of amides is 1. The molecule has 10 heteroatoms. The highest BCUT2D eigenvalue weighted by atomic mass is 32.2. The van der Waals surface area contributed by atoms with E-state index in [0.717, 1.165) is 35.0 Å². The van der Waals surface area contributed by atoms with Crippen LogP contribution in [0, 0.1) is 23.0 Å². The van der Waals surface area contributed by atoms with Crippen LogP contribution < -0.4 is 5.73 Å². The number of hydrogen-bond acceptors (Lipinski definition) is 4. The molecule has 0 radical (unpaired) electrons. The Labute approximate surface area is 163 Å². The average molecular weight is 421 g/mol. The van der Waals surface area contributed by atoms with Crippen LogP contribution in [0.3, 0.4) is 0 Å². The largest absolute Gasteiger partial charge is 0.430 e. The summed E-state index contributed by atoms with van der Waals surface area (Å²) in [7, 11) is 0. The van der Waals surface area contributed by atoms with Crippen LogP contribution in [0.2, 0.25) is 0 Å². The van der Waals surface area contributed by atoms with Crippen LogP contribution >= 0.6 is 11.8 Å². The minimum absolute atomic E-state index is 0.146. The van der Waals surface area contributed by atoms with Crippen LogP contribution in [0.1, 0.15) is 18.4 Å². The number of nitrogens with two attached hydrogens (primary N) is 1. The number of nitrogens with zero attached hydrogens (tertiary/aromatic N) is 1. The summed E-state index contributed by atoms with van der Waals surface area (Å²) in [5.74, 6) is -0.391. The second-order valence-corrected chi connectivity index (χ2v) is 7.68. The van der Waals surface area contributed by atoms with Gasteiger partial charge in [-0.2, -0.15) is 24.9 Å². The molecule has 1 aromatic carbocycles. The molecular weight excluding hydrogens is 401 g/mol. The standard InChI is InChI=1S/C18H20F5N3OS/c19-13-5-12(6-14(20)7-13)9-26(3-1-11-2-4-28-10-11)17(27)15(24)8-16(25)18(21,22)23/h5-8,11,24H,1-4,9-10,25H2. The average Bonchev–Trinajstić information content (AvgIpc) is 3.09. The van der Waals surface area contributed by atoms with E-state index in [1.165, 1.54) is 0 Å². The van der Waals surface area contributed by atoms with Crippen LogP contribution in [0.5, 0.6) is 0 Å². The molecule has 1 saturated heterocycles. The zero-order valence-electron chi connectivity index (χ0n) is 14.9. The lowest BCUT2D eigenvalue weighted by molar-refractivity contribution is -0.124. The third-order valence-electron chi connectivity index (χ3n) is 4.27. The van der Waals surface area contributed by atoms with Crippen molar-refractivity contribution in [2.75, 3.05) is 18.1 Å². The van der Waals surface area contributed by atoms with Gasteiger partial charge in [-0.1, -0.05) is 0 Å². The van der Waals surface area contributed by atoms with Gasteiger partial charge in [0.15, 0.2) is 0 Å². The molecule has 1 amide bonds. The summed E-state index contributed by atoms with van der Waals surface area (Å²) in [4.78, 5) is 13.7. The van der Waals surface area contributed by atoms with Crippen molar-refractivity contribution >= 4 is 23.4 Å². The van der Waals surface area contributed by atoms with Gasteiger partial charge < -0.3 is 10.6 Å². The van der Waals surface area contributed by atoms with E-state index in [9.17, 15) is 26.7 Å². The van der Waals surface area contributed by atoms with Gasteiger partial charge in [0, 0.05) is 19.2 Å². The van der Waals surface area contributed by atoms with Gasteiger partial charge in [-0.05, 0) is 54.0 Å². The van der Waals surface area contributed by atoms with E-state index in [1.54, 1.807) is 11.8 Å². The van der Waals surface area contributed by atoms with Crippen molar-refractivity contribution in [3.63, 3.8) is 0 Å². The molecule has 1 aliphatic heterocycles. The van der Waals surface area contributed by atoms with Gasteiger partial charge in [0.25, 0.3) is 5.91 Å². The van der Waals surface area contributed by atoms with Crippen molar-refractivity contribution in [1.29, 1.82) is 5.41 Å². The van der Waals surface area contributed by atoms with Gasteiger partial charge >= 0.3 is 6.18 Å². The van der Waals surface area contributed by atoms with Gasteiger partial charge in [-0.15, -0.1) is 0 Å². The number of alkyl halides is 3. The van der Waals surface area contributed by atoms with E-state index >= 15 is 0 Å². The van der Waals surface area contributed by atoms with E-state index < -0.39 is 35.1 Å². The molecule has 2 rings (SSSR count). The third-order valence-corrected chi connectivity index (χ3v) is 5.50. The normalized spacial score (nSPS) is 17.6. The molecule has 1 aliphatic rings. The van der Waals surface area contributed by atoms with Gasteiger partial charge in [0.1, 0.15) is 23.0 Å². The molecule has 1 heterocycles. The third kappa shape index (κ3) is 6.50. The summed E-state index contributed by atoms with van der Waals surface area (Å²) in [5.41, 5.74) is 2.53. The summed E-state index contributed by atoms with van der Waals surface area (Å²) in [6.45, 7) is -0.0696. The van der Waals surface area contributed by atoms with E-state index in [1.807, 2.05) is 0 Å². The van der Waals surface area contributed by atoms with E-state index in [2.05, 4.69) is 0 Å². The topological polar surface area (TPSA) is 70.2 Å². The molecule has 1 fully saturated rings. The van der Waals surface area contributed by atoms with Crippen LogP contribution in [0.15, 0.2) is 30.0 Å². The van der Waals surface area contributed by atoms with Gasteiger partial charge in [0.2, 0.25) is 0 Å². The van der Waals surface area contributed by atoms with Crippen LogP contribution in [0.25, 0.3) is 0 Å². The number of carbonyl (C=O) groups is 1. The van der Waals surface area contributed by atoms with Crippen molar-refractivity contribution < 1.29 is 26.7 Å². The Morgan fingerprint density at radius 2 is 1.93 bits per heavy atom. The first-order valence-electron chi connectivity index (χ1n) is 8.51. The number of allylic oxidation sites excluding steroid dienone is 1. The summed E-state index contributed by atoms with van der Waals surface area (Å²) in [6.07, 6.45) is -3.06. The Morgan fingerprint density at radius 3 is 2.46 bits per heavy atom. The molecule has 1 aromatic rings. The van der Waals surface area contributed by atoms with Crippen molar-refractivity contribution in [3.05, 3.63) is 47.2 Å². The van der Waals surface area contributed by atoms with Gasteiger partial charge in [-0.25, -0.2) is 8.78 Å². The molecule has 1 atom stereocenters. The quantitative estimate of drug-likeness (QED) is 0.519. The lowest BCUT2D eigenvalue weighted by Crippen LogP contribution is -2.37. The minimum atomic E-state index is -4.86. The number of thioether (sulfide) groups is 1. The molecule has 0 aromatic heterocycles. The summed E-state index contributed by atoms with van der Waals surface area (Å²) in [5, 5.41) is 7.67. The van der Waals surface area contributed by atoms with Gasteiger partial charge in [-0.3, -0.25) is 10.2 Å². The van der Waals surface area contributed by atoms with Crippen molar-refractivity contribution in [2.24, 2.45) is 11.7 Å². The Bertz CT molecular complexity index is 740. The number of benzene rings is 1. The molecule has 1 unspecified atom stereocenters. The first-order chi connectivity index (χ1) is 13.1. The van der Waals surface area contributed by atoms with Crippen LogP contribution in [-0.4, -0.2) is 40.7 Å². The maximum Gasteiger partial charge on any atom is 0.430 e. The van der Waals surface area contributed by atoms with Crippen LogP contribution in [-0.2, 0) is 11.3 Å². The van der Waals surface area contributed by atoms with Crippen LogP contribution in [0.4, 0.5) is 22.0 Å². The molecule has 3 N–H and O–H groups in total. The van der Waals surface area contributed by atoms with Crippen molar-refractivity contribution in [3.8, 4) is 0 Å². The summed E-state index contributed by atoms with van der Waals surface area (Å²) >= 11 is 1.77. The van der Waals surface area contributed by atoms with Crippen molar-refractivity contribution in [2.45, 2.75) is 25.6 Å². The highest BCUT2D eigenvalue weighted by Gasteiger charge is 2.32. The zero-order valence-corrected chi connectivity index (χ0v) is 15.7. The Kier molecular flexibility index (Phi) is 7.45. The van der Waals surface area contributed by atoms with Crippen molar-refractivity contribution in [1.82, 2.24) is 4.90 Å². The molecular formula is C18H20F5N3OS. The Morgan fingerprint density at radius 1 is 1.29 bits per heavy atom. The second kappa shape index (κ2) is 9.40. The smallest absolute Gasteiger partial charge is 0.395 e. The van der Waals surface area contributed by atoms with E-state index in [0.29, 0.717) is 18.4 Å². The molecule has 0 saturated carbocycles. The summed E-state index contributed by atoms with van der Waals surface area (Å²) < 4.78 is 64.6. The summed E-state index contributed by atoms with van der Waals surface area (Å²) in [6, 6.07) is 2.76. The number of hydrogen-bond donors (Lipinski definition) is 2. The Hall–Kier alpha value is -2.10. The van der Waals surface area contributed by atoms with Gasteiger partial charge in [0.05, 0.1) is 0 Å². The fraction of sp³-hybridized carbons (Fsp3) is 0.444. The molecule has 0 aliphatic carbocycles. The highest BCUT2D eigenvalue weighted by molar-refractivity contribution is 7.99. The predicted molar refractivity (Wildman–Crippen MR) is 97.9 cm³/mol. The SMILES string of the molecule is N=C(C=C(N)C(F)(F)F)C(=O)N(CCC1CCSC1)Cc1cc(F)cc(F)c1. The maximum atomic E-state index is 13.4. The lowest BCUT2D eigenvalue weighted by Gasteiger charge is -2.24. The van der Waals surface area contributed by atoms with E-state index in [-0.39, 0.29) is 24.7 Å². The fourth-order valence-electron chi connectivity index (χ4n) is 2.79. The first-order valence-corrected chi connectivity index (χ1v) is 9.66. The molecule has 0 spiro atoms. The maximum absolute atomic E-state index is 13.4. The second-order valence-electron chi connectivity index (χ2n) is 6.53. The molecule has 28 heavy (non-hydrogen) atoms. The number of nitrogens with one attached hydrogen (secondary N) is 1. The monoisotopic (exact) mass is 421 g/mol. The highest BCUT2D eigenvalue weighted by Crippen LogP contribution is 2.26. The minimum Gasteiger partial charge on any atom is -0.395 e.